The lowest BCUT2D eigenvalue weighted by molar-refractivity contribution is 0.0687. The van der Waals surface area contributed by atoms with Crippen LogP contribution in [0.5, 0.6) is 0 Å². The Balaban J connectivity index is 2.02. The van der Waals surface area contributed by atoms with Crippen molar-refractivity contribution in [3.8, 4) is 0 Å². The first-order valence-electron chi connectivity index (χ1n) is 5.52. The standard InChI is InChI=1S/C11H12N4O3S/c1-7(16)9-8(10(17)18)14-11(19-9)13-3-5-15-4-2-12-6-15/h2,4,6H,3,5H2,1H3,(H,13,14)(H,17,18). The van der Waals surface area contributed by atoms with Crippen molar-refractivity contribution in [1.29, 1.82) is 0 Å². The average molecular weight is 280 g/mol. The summed E-state index contributed by atoms with van der Waals surface area (Å²) in [6, 6.07) is 0. The van der Waals surface area contributed by atoms with E-state index in [9.17, 15) is 9.59 Å². The number of imidazole rings is 1. The van der Waals surface area contributed by atoms with Crippen LogP contribution >= 0.6 is 11.3 Å². The number of anilines is 1. The van der Waals surface area contributed by atoms with Gasteiger partial charge in [0.05, 0.1) is 6.33 Å². The molecule has 0 bridgehead atoms. The molecule has 8 heteroatoms. The van der Waals surface area contributed by atoms with Crippen molar-refractivity contribution >= 4 is 28.2 Å². The van der Waals surface area contributed by atoms with Gasteiger partial charge in [-0.15, -0.1) is 0 Å². The first kappa shape index (κ1) is 13.2. The third-order valence-corrected chi connectivity index (χ3v) is 3.47. The van der Waals surface area contributed by atoms with Crippen LogP contribution in [0.3, 0.4) is 0 Å². The topological polar surface area (TPSA) is 97.1 Å². The second-order valence-corrected chi connectivity index (χ2v) is 4.78. The molecule has 2 aromatic heterocycles. The van der Waals surface area contributed by atoms with Crippen LogP contribution in [0.1, 0.15) is 27.1 Å². The highest BCUT2D eigenvalue weighted by atomic mass is 32.1. The monoisotopic (exact) mass is 280 g/mol. The highest BCUT2D eigenvalue weighted by Crippen LogP contribution is 2.23. The van der Waals surface area contributed by atoms with Crippen molar-refractivity contribution in [2.24, 2.45) is 0 Å². The Bertz CT molecular complexity index is 560. The maximum absolute atomic E-state index is 11.3. The number of carbonyl (C=O) groups excluding carboxylic acids is 1. The van der Waals surface area contributed by atoms with E-state index in [0.29, 0.717) is 18.2 Å². The maximum atomic E-state index is 11.3. The normalized spacial score (nSPS) is 10.4. The van der Waals surface area contributed by atoms with Crippen molar-refractivity contribution in [2.45, 2.75) is 13.5 Å². The van der Waals surface area contributed by atoms with Gasteiger partial charge in [-0.2, -0.15) is 0 Å². The fourth-order valence-electron chi connectivity index (χ4n) is 1.49. The average Bonchev–Trinajstić information content (AvgIpc) is 2.97. The molecule has 2 N–H and O–H groups in total. The number of nitrogens with zero attached hydrogens (tertiary/aromatic N) is 3. The second-order valence-electron chi connectivity index (χ2n) is 3.79. The number of hydrogen-bond donors (Lipinski definition) is 2. The minimum absolute atomic E-state index is 0.164. The molecule has 2 heterocycles. The predicted molar refractivity (Wildman–Crippen MR) is 69.8 cm³/mol. The van der Waals surface area contributed by atoms with Crippen molar-refractivity contribution in [1.82, 2.24) is 14.5 Å². The Morgan fingerprint density at radius 1 is 1.53 bits per heavy atom. The van der Waals surface area contributed by atoms with Gasteiger partial charge < -0.3 is 15.0 Å². The smallest absolute Gasteiger partial charge is 0.356 e. The maximum Gasteiger partial charge on any atom is 0.356 e. The number of carboxylic acid groups (broad SMARTS) is 1. The first-order chi connectivity index (χ1) is 9.08. The molecule has 0 aliphatic carbocycles. The van der Waals surface area contributed by atoms with Crippen molar-refractivity contribution < 1.29 is 14.7 Å². The number of hydrogen-bond acceptors (Lipinski definition) is 6. The molecule has 0 aromatic carbocycles. The number of aromatic carboxylic acids is 1. The van der Waals surface area contributed by atoms with E-state index in [0.717, 1.165) is 11.3 Å². The van der Waals surface area contributed by atoms with Gasteiger partial charge in [0.2, 0.25) is 0 Å². The molecule has 0 amide bonds. The molecule has 0 spiro atoms. The van der Waals surface area contributed by atoms with Crippen LogP contribution in [0, 0.1) is 0 Å². The fraction of sp³-hybridized carbons (Fsp3) is 0.273. The zero-order chi connectivity index (χ0) is 13.8. The molecule has 0 saturated carbocycles. The largest absolute Gasteiger partial charge is 0.476 e. The van der Waals surface area contributed by atoms with Gasteiger partial charge in [-0.05, 0) is 0 Å². The Hall–Kier alpha value is -2.22. The van der Waals surface area contributed by atoms with Gasteiger partial charge >= 0.3 is 5.97 Å². The number of Topliss-reactive ketones (excluding diaryl/α,β-unsaturated/α-hetero) is 1. The van der Waals surface area contributed by atoms with Crippen molar-refractivity contribution in [3.63, 3.8) is 0 Å². The van der Waals surface area contributed by atoms with Crippen LogP contribution in [0.25, 0.3) is 0 Å². The van der Waals surface area contributed by atoms with Crippen LogP contribution < -0.4 is 5.32 Å². The lowest BCUT2D eigenvalue weighted by atomic mass is 10.3. The number of aromatic nitrogens is 3. The second kappa shape index (κ2) is 5.61. The number of carboxylic acids is 1. The van der Waals surface area contributed by atoms with Crippen molar-refractivity contribution in [3.05, 3.63) is 29.3 Å². The number of carbonyl (C=O) groups is 2. The summed E-state index contributed by atoms with van der Waals surface area (Å²) in [7, 11) is 0. The molecule has 2 rings (SSSR count). The van der Waals surface area contributed by atoms with Crippen LogP contribution in [-0.4, -0.2) is 37.9 Å². The zero-order valence-electron chi connectivity index (χ0n) is 10.2. The first-order valence-corrected chi connectivity index (χ1v) is 6.34. The van der Waals surface area contributed by atoms with Gasteiger partial charge in [0.25, 0.3) is 0 Å². The predicted octanol–water partition coefficient (Wildman–Crippen LogP) is 1.35. The number of thiazole rings is 1. The SMILES string of the molecule is CC(=O)c1sc(NCCn2ccnc2)nc1C(=O)O. The van der Waals surface area contributed by atoms with Gasteiger partial charge in [0, 0.05) is 32.4 Å². The van der Waals surface area contributed by atoms with E-state index < -0.39 is 5.97 Å². The Labute approximate surface area is 112 Å². The Kier molecular flexibility index (Phi) is 3.91. The minimum Gasteiger partial charge on any atom is -0.476 e. The number of ketones is 1. The Morgan fingerprint density at radius 2 is 2.32 bits per heavy atom. The summed E-state index contributed by atoms with van der Waals surface area (Å²) in [6.07, 6.45) is 5.19. The van der Waals surface area contributed by atoms with Gasteiger partial charge in [-0.25, -0.2) is 14.8 Å². The van der Waals surface area contributed by atoms with E-state index in [1.165, 1.54) is 6.92 Å². The number of rotatable bonds is 6. The summed E-state index contributed by atoms with van der Waals surface area (Å²) in [6.45, 7) is 2.58. The van der Waals surface area contributed by atoms with Crippen molar-refractivity contribution in [2.75, 3.05) is 11.9 Å². The van der Waals surface area contributed by atoms with Crippen LogP contribution in [0.4, 0.5) is 5.13 Å². The minimum atomic E-state index is -1.19. The van der Waals surface area contributed by atoms with Gasteiger partial charge in [-0.1, -0.05) is 11.3 Å². The summed E-state index contributed by atoms with van der Waals surface area (Å²) in [5.41, 5.74) is -0.192. The molecule has 7 nitrogen and oxygen atoms in total. The van der Waals surface area contributed by atoms with E-state index in [-0.39, 0.29) is 16.4 Å². The van der Waals surface area contributed by atoms with Crippen LogP contribution in [0.2, 0.25) is 0 Å². The summed E-state index contributed by atoms with van der Waals surface area (Å²) < 4.78 is 1.88. The highest BCUT2D eigenvalue weighted by molar-refractivity contribution is 7.17. The molecule has 19 heavy (non-hydrogen) atoms. The highest BCUT2D eigenvalue weighted by Gasteiger charge is 2.20. The van der Waals surface area contributed by atoms with E-state index in [1.807, 2.05) is 10.8 Å². The molecule has 2 aromatic rings. The molecule has 0 aliphatic rings. The molecule has 0 aliphatic heterocycles. The van der Waals surface area contributed by atoms with Gasteiger partial charge in [0.15, 0.2) is 16.6 Å². The molecule has 100 valence electrons. The molecule has 0 radical (unpaired) electrons. The summed E-state index contributed by atoms with van der Waals surface area (Å²) in [5.74, 6) is -1.48. The van der Waals surface area contributed by atoms with E-state index >= 15 is 0 Å². The zero-order valence-corrected chi connectivity index (χ0v) is 11.0. The third kappa shape index (κ3) is 3.16. The van der Waals surface area contributed by atoms with Gasteiger partial charge in [-0.3, -0.25) is 4.79 Å². The summed E-state index contributed by atoms with van der Waals surface area (Å²) in [4.78, 5) is 30.3. The lowest BCUT2D eigenvalue weighted by Crippen LogP contribution is -2.09. The molecular weight excluding hydrogens is 268 g/mol. The number of nitrogens with one attached hydrogen (secondary N) is 1. The Morgan fingerprint density at radius 3 is 2.84 bits per heavy atom. The summed E-state index contributed by atoms with van der Waals surface area (Å²) >= 11 is 1.06. The van der Waals surface area contributed by atoms with E-state index in [4.69, 9.17) is 5.11 Å². The van der Waals surface area contributed by atoms with Crippen LogP contribution in [-0.2, 0) is 6.54 Å². The molecule has 0 unspecified atom stereocenters. The summed E-state index contributed by atoms with van der Waals surface area (Å²) in [5, 5.41) is 12.4. The van der Waals surface area contributed by atoms with E-state index in [2.05, 4.69) is 15.3 Å². The van der Waals surface area contributed by atoms with Crippen LogP contribution in [0.15, 0.2) is 18.7 Å². The third-order valence-electron chi connectivity index (χ3n) is 2.35. The lowest BCUT2D eigenvalue weighted by Gasteiger charge is -2.02. The molecular formula is C11H12N4O3S. The molecule has 0 saturated heterocycles. The molecule has 0 fully saturated rings. The van der Waals surface area contributed by atoms with Gasteiger partial charge in [0.1, 0.15) is 4.88 Å². The molecule has 0 atom stereocenters. The van der Waals surface area contributed by atoms with E-state index in [1.54, 1.807) is 12.5 Å². The quantitative estimate of drug-likeness (QED) is 0.775. The fourth-order valence-corrected chi connectivity index (χ4v) is 2.37.